The van der Waals surface area contributed by atoms with Crippen molar-refractivity contribution in [3.63, 3.8) is 0 Å². The number of nitrogens with one attached hydrogen (secondary N) is 1. The zero-order chi connectivity index (χ0) is 14.2. The summed E-state index contributed by atoms with van der Waals surface area (Å²) in [6.45, 7) is 0. The summed E-state index contributed by atoms with van der Waals surface area (Å²) in [4.78, 5) is 16.1. The second-order valence-corrected chi connectivity index (χ2v) is 4.73. The smallest absolute Gasteiger partial charge is 0.224 e. The number of rotatable bonds is 2. The van der Waals surface area contributed by atoms with E-state index >= 15 is 0 Å². The number of pyridine rings is 3. The number of quaternary nitrogens is 1. The van der Waals surface area contributed by atoms with Crippen molar-refractivity contribution in [1.82, 2.24) is 19.9 Å². The van der Waals surface area contributed by atoms with Gasteiger partial charge in [-0.25, -0.2) is 9.97 Å². The van der Waals surface area contributed by atoms with Crippen LogP contribution in [0.2, 0.25) is 0 Å². The molecule has 0 radical (unpaired) electrons. The lowest BCUT2D eigenvalue weighted by molar-refractivity contribution is -0.501. The Morgan fingerprint density at radius 1 is 1.00 bits per heavy atom. The predicted octanol–water partition coefficient (Wildman–Crippen LogP) is 1.87. The molecule has 0 unspecified atom stereocenters. The molecule has 4 aromatic heterocycles. The minimum Gasteiger partial charge on any atom is -0.629 e. The first-order valence-corrected chi connectivity index (χ1v) is 6.49. The molecule has 0 amide bonds. The van der Waals surface area contributed by atoms with E-state index in [1.165, 1.54) is 0 Å². The fourth-order valence-electron chi connectivity index (χ4n) is 2.40. The third-order valence-corrected chi connectivity index (χ3v) is 3.46. The van der Waals surface area contributed by atoms with E-state index < -0.39 is 0 Å². The highest BCUT2D eigenvalue weighted by Crippen LogP contribution is 2.26. The highest BCUT2D eigenvalue weighted by Gasteiger charge is 2.07. The Bertz CT molecular complexity index is 930. The maximum absolute atomic E-state index is 10.6. The molecular weight excluding hydrogens is 266 g/mol. The van der Waals surface area contributed by atoms with Crippen LogP contribution in [0.3, 0.4) is 0 Å². The fourth-order valence-corrected chi connectivity index (χ4v) is 2.40. The van der Waals surface area contributed by atoms with Crippen molar-refractivity contribution in [2.24, 2.45) is 0 Å². The normalized spacial score (nSPS) is 11.3. The quantitative estimate of drug-likeness (QED) is 0.547. The van der Waals surface area contributed by atoms with Gasteiger partial charge in [-0.2, -0.15) is 0 Å². The molecular formula is C15H11N5O. The van der Waals surface area contributed by atoms with Crippen molar-refractivity contribution >= 4 is 27.8 Å². The van der Waals surface area contributed by atoms with Crippen LogP contribution in [-0.4, -0.2) is 19.9 Å². The average molecular weight is 277 g/mol. The molecule has 0 atom stereocenters. The monoisotopic (exact) mass is 277 g/mol. The summed E-state index contributed by atoms with van der Waals surface area (Å²) in [5, 5.41) is 12.7. The van der Waals surface area contributed by atoms with Crippen LogP contribution in [0.4, 0.5) is 5.82 Å². The molecule has 21 heavy (non-hydrogen) atoms. The molecule has 0 saturated heterocycles. The van der Waals surface area contributed by atoms with Gasteiger partial charge in [0.15, 0.2) is 0 Å². The Kier molecular flexibility index (Phi) is 2.63. The van der Waals surface area contributed by atoms with Crippen molar-refractivity contribution in [3.05, 3.63) is 54.1 Å². The van der Waals surface area contributed by atoms with Crippen LogP contribution in [0.5, 0.6) is 0 Å². The third kappa shape index (κ3) is 1.94. The zero-order valence-electron chi connectivity index (χ0n) is 10.9. The second kappa shape index (κ2) is 4.62. The largest absolute Gasteiger partial charge is 0.629 e. The summed E-state index contributed by atoms with van der Waals surface area (Å²) in [6.07, 6.45) is 5.23. The predicted molar refractivity (Wildman–Crippen MR) is 79.6 cm³/mol. The number of nitrogens with two attached hydrogens (primary N) is 1. The summed E-state index contributed by atoms with van der Waals surface area (Å²) in [7, 11) is 0. The van der Waals surface area contributed by atoms with Gasteiger partial charge in [0.05, 0.1) is 11.2 Å². The van der Waals surface area contributed by atoms with Gasteiger partial charge in [0.25, 0.3) is 0 Å². The van der Waals surface area contributed by atoms with Crippen molar-refractivity contribution in [3.8, 4) is 11.3 Å². The highest BCUT2D eigenvalue weighted by atomic mass is 16.5. The van der Waals surface area contributed by atoms with Gasteiger partial charge < -0.3 is 15.7 Å². The maximum atomic E-state index is 10.6. The van der Waals surface area contributed by atoms with Crippen LogP contribution >= 0.6 is 0 Å². The van der Waals surface area contributed by atoms with E-state index in [0.717, 1.165) is 38.7 Å². The van der Waals surface area contributed by atoms with Gasteiger partial charge in [0.1, 0.15) is 5.65 Å². The number of hydrogen-bond acceptors (Lipinski definition) is 4. The molecule has 0 saturated carbocycles. The van der Waals surface area contributed by atoms with Gasteiger partial charge in [-0.1, -0.05) is 0 Å². The highest BCUT2D eigenvalue weighted by molar-refractivity contribution is 6.05. The van der Waals surface area contributed by atoms with Gasteiger partial charge in [0.2, 0.25) is 5.82 Å². The van der Waals surface area contributed by atoms with Gasteiger partial charge in [-0.05, 0) is 24.3 Å². The van der Waals surface area contributed by atoms with Crippen LogP contribution in [0, 0.1) is 5.21 Å². The molecule has 0 bridgehead atoms. The molecule has 0 aliphatic rings. The Labute approximate surface area is 119 Å². The van der Waals surface area contributed by atoms with Crippen LogP contribution in [0.25, 0.3) is 33.2 Å². The van der Waals surface area contributed by atoms with E-state index in [0.29, 0.717) is 5.82 Å². The van der Waals surface area contributed by atoms with E-state index in [1.807, 2.05) is 30.5 Å². The van der Waals surface area contributed by atoms with E-state index in [9.17, 15) is 5.21 Å². The minimum atomic E-state index is 0.413. The van der Waals surface area contributed by atoms with Crippen molar-refractivity contribution in [1.29, 1.82) is 0 Å². The molecule has 0 aromatic carbocycles. The summed E-state index contributed by atoms with van der Waals surface area (Å²) in [5.74, 6) is 0.413. The van der Waals surface area contributed by atoms with Crippen LogP contribution in [-0.2, 0) is 0 Å². The SMILES string of the molecule is [O-][NH2+]c1ccc(-c2ccc3c(n2)[nH]c2ccncc23)cn1. The van der Waals surface area contributed by atoms with Crippen molar-refractivity contribution < 1.29 is 5.48 Å². The Morgan fingerprint density at radius 3 is 2.76 bits per heavy atom. The Balaban J connectivity index is 1.87. The van der Waals surface area contributed by atoms with Crippen molar-refractivity contribution in [2.45, 2.75) is 0 Å². The first-order valence-electron chi connectivity index (χ1n) is 6.49. The van der Waals surface area contributed by atoms with Crippen LogP contribution in [0.15, 0.2) is 48.9 Å². The minimum absolute atomic E-state index is 0.413. The Morgan fingerprint density at radius 2 is 1.95 bits per heavy atom. The summed E-state index contributed by atoms with van der Waals surface area (Å²) < 4.78 is 0. The lowest BCUT2D eigenvalue weighted by atomic mass is 10.1. The molecule has 102 valence electrons. The van der Waals surface area contributed by atoms with Gasteiger partial charge >= 0.3 is 0 Å². The lowest BCUT2D eigenvalue weighted by Gasteiger charge is -2.03. The van der Waals surface area contributed by atoms with Gasteiger partial charge in [-0.15, -0.1) is 0 Å². The average Bonchev–Trinajstić information content (AvgIpc) is 2.92. The number of aromatic amines is 1. The molecule has 6 heteroatoms. The molecule has 4 rings (SSSR count). The number of nitrogens with zero attached hydrogens (tertiary/aromatic N) is 3. The molecule has 4 heterocycles. The molecule has 6 nitrogen and oxygen atoms in total. The molecule has 4 aromatic rings. The maximum Gasteiger partial charge on any atom is 0.224 e. The fraction of sp³-hybridized carbons (Fsp3) is 0. The Hall–Kier alpha value is -2.83. The first-order chi connectivity index (χ1) is 10.3. The number of H-pyrrole nitrogens is 1. The number of aromatic nitrogens is 4. The standard InChI is InChI=1S/C15H11N5O/c21-20-14-4-1-9(7-17-14)12-3-2-10-11-8-16-6-5-13(11)19-15(10)18-12/h1-8H,20H2,(H,18,19). The molecule has 0 aliphatic carbocycles. The van der Waals surface area contributed by atoms with E-state index in [4.69, 9.17) is 0 Å². The summed E-state index contributed by atoms with van der Waals surface area (Å²) in [6, 6.07) is 9.42. The second-order valence-electron chi connectivity index (χ2n) is 4.73. The molecule has 0 fully saturated rings. The summed E-state index contributed by atoms with van der Waals surface area (Å²) >= 11 is 0. The van der Waals surface area contributed by atoms with Gasteiger partial charge in [0, 0.05) is 41.0 Å². The van der Waals surface area contributed by atoms with E-state index in [1.54, 1.807) is 18.5 Å². The number of fused-ring (bicyclic) bond motifs is 3. The zero-order valence-corrected chi connectivity index (χ0v) is 10.9. The van der Waals surface area contributed by atoms with Crippen molar-refractivity contribution in [2.75, 3.05) is 0 Å². The summed E-state index contributed by atoms with van der Waals surface area (Å²) in [5.41, 5.74) is 4.24. The van der Waals surface area contributed by atoms with Gasteiger partial charge in [-0.3, -0.25) is 4.98 Å². The third-order valence-electron chi connectivity index (χ3n) is 3.46. The molecule has 0 aliphatic heterocycles. The van der Waals surface area contributed by atoms with E-state index in [-0.39, 0.29) is 0 Å². The van der Waals surface area contributed by atoms with Crippen LogP contribution < -0.4 is 5.48 Å². The first kappa shape index (κ1) is 12.0. The van der Waals surface area contributed by atoms with Crippen LogP contribution in [0.1, 0.15) is 0 Å². The topological polar surface area (TPSA) is 94.1 Å². The molecule has 0 spiro atoms. The number of hydrogen-bond donors (Lipinski definition) is 2. The lowest BCUT2D eigenvalue weighted by Crippen LogP contribution is -2.70. The van der Waals surface area contributed by atoms with E-state index in [2.05, 4.69) is 19.9 Å². The molecule has 3 N–H and O–H groups in total.